The smallest absolute Gasteiger partial charge is 0.287 e. The van der Waals surface area contributed by atoms with Gasteiger partial charge in [0.2, 0.25) is 0 Å². The van der Waals surface area contributed by atoms with Crippen LogP contribution in [0.15, 0.2) is 47.0 Å². The van der Waals surface area contributed by atoms with Crippen LogP contribution in [0, 0.1) is 0 Å². The first kappa shape index (κ1) is 13.9. The molecule has 3 N–H and O–H groups in total. The van der Waals surface area contributed by atoms with E-state index < -0.39 is 0 Å². The van der Waals surface area contributed by atoms with E-state index in [1.807, 2.05) is 36.5 Å². The lowest BCUT2D eigenvalue weighted by atomic mass is 9.95. The van der Waals surface area contributed by atoms with Crippen LogP contribution in [0.3, 0.4) is 0 Å². The maximum absolute atomic E-state index is 12.5. The fraction of sp³-hybridized carbons (Fsp3) is 0.316. The van der Waals surface area contributed by atoms with E-state index in [0.717, 1.165) is 29.3 Å². The largest absolute Gasteiger partial charge is 0.451 e. The monoisotopic (exact) mass is 321 g/mol. The lowest BCUT2D eigenvalue weighted by molar-refractivity contribution is 0.0903. The number of aromatic nitrogens is 1. The number of carbonyl (C=O) groups excluding carboxylic acids is 1. The normalized spacial score (nSPS) is 25.4. The van der Waals surface area contributed by atoms with E-state index in [-0.39, 0.29) is 11.9 Å². The van der Waals surface area contributed by atoms with Crippen LogP contribution < -0.4 is 10.6 Å². The quantitative estimate of drug-likeness (QED) is 0.694. The SMILES string of the molecule is O=C(NC1CC2CCC1N2)c1ccc(-c2ccc3cc[nH]c3c2)o1. The zero-order valence-electron chi connectivity index (χ0n) is 13.2. The van der Waals surface area contributed by atoms with Crippen molar-refractivity contribution in [1.29, 1.82) is 0 Å². The summed E-state index contributed by atoms with van der Waals surface area (Å²) in [6.45, 7) is 0. The molecule has 4 heterocycles. The van der Waals surface area contributed by atoms with E-state index >= 15 is 0 Å². The third kappa shape index (κ3) is 2.24. The van der Waals surface area contributed by atoms with Crippen molar-refractivity contribution in [3.63, 3.8) is 0 Å². The van der Waals surface area contributed by atoms with Gasteiger partial charge in [0.25, 0.3) is 5.91 Å². The molecule has 0 radical (unpaired) electrons. The molecule has 0 aliphatic carbocycles. The summed E-state index contributed by atoms with van der Waals surface area (Å²) in [4.78, 5) is 15.6. The van der Waals surface area contributed by atoms with Gasteiger partial charge in [-0.1, -0.05) is 12.1 Å². The Labute approximate surface area is 139 Å². The minimum atomic E-state index is -0.124. The van der Waals surface area contributed by atoms with Gasteiger partial charge in [-0.2, -0.15) is 0 Å². The molecular weight excluding hydrogens is 302 g/mol. The Balaban J connectivity index is 1.35. The summed E-state index contributed by atoms with van der Waals surface area (Å²) >= 11 is 0. The van der Waals surface area contributed by atoms with E-state index in [1.165, 1.54) is 6.42 Å². The summed E-state index contributed by atoms with van der Waals surface area (Å²) in [6, 6.07) is 13.0. The van der Waals surface area contributed by atoms with Crippen LogP contribution in [0.5, 0.6) is 0 Å². The van der Waals surface area contributed by atoms with Crippen LogP contribution in [0.1, 0.15) is 29.8 Å². The number of nitrogens with one attached hydrogen (secondary N) is 3. The highest BCUT2D eigenvalue weighted by Crippen LogP contribution is 2.29. The van der Waals surface area contributed by atoms with Gasteiger partial charge in [0.1, 0.15) is 5.76 Å². The second-order valence-electron chi connectivity index (χ2n) is 6.81. The van der Waals surface area contributed by atoms with E-state index in [2.05, 4.69) is 15.6 Å². The number of H-pyrrole nitrogens is 1. The molecule has 122 valence electrons. The topological polar surface area (TPSA) is 70.1 Å². The van der Waals surface area contributed by atoms with Crippen LogP contribution in [-0.2, 0) is 0 Å². The van der Waals surface area contributed by atoms with Crippen LogP contribution in [0.2, 0.25) is 0 Å². The Morgan fingerprint density at radius 3 is 2.96 bits per heavy atom. The average molecular weight is 321 g/mol. The Hall–Kier alpha value is -2.53. The van der Waals surface area contributed by atoms with Crippen molar-refractivity contribution in [1.82, 2.24) is 15.6 Å². The number of hydrogen-bond acceptors (Lipinski definition) is 3. The maximum atomic E-state index is 12.5. The molecular formula is C19H19N3O2. The van der Waals surface area contributed by atoms with Crippen LogP contribution in [0.25, 0.3) is 22.2 Å². The van der Waals surface area contributed by atoms with E-state index in [4.69, 9.17) is 4.42 Å². The standard InChI is InChI=1S/C19H19N3O2/c23-19(22-16-10-13-3-4-14(16)21-13)18-6-5-17(24-18)12-2-1-11-7-8-20-15(11)9-12/h1-2,5-9,13-14,16,20-21H,3-4,10H2,(H,22,23). The number of benzene rings is 1. The molecule has 3 aromatic rings. The van der Waals surface area contributed by atoms with Crippen LogP contribution in [0.4, 0.5) is 0 Å². The third-order valence-corrected chi connectivity index (χ3v) is 5.29. The molecule has 2 fully saturated rings. The molecule has 3 atom stereocenters. The van der Waals surface area contributed by atoms with E-state index in [9.17, 15) is 4.79 Å². The van der Waals surface area contributed by atoms with Gasteiger partial charge >= 0.3 is 0 Å². The van der Waals surface area contributed by atoms with Gasteiger partial charge in [0.05, 0.1) is 0 Å². The highest BCUT2D eigenvalue weighted by molar-refractivity contribution is 5.92. The maximum Gasteiger partial charge on any atom is 0.287 e. The number of amides is 1. The molecule has 2 aliphatic rings. The Kier molecular flexibility index (Phi) is 3.03. The second kappa shape index (κ2) is 5.24. The minimum Gasteiger partial charge on any atom is -0.451 e. The Bertz CT molecular complexity index is 910. The van der Waals surface area contributed by atoms with Crippen LogP contribution >= 0.6 is 0 Å². The van der Waals surface area contributed by atoms with Crippen molar-refractivity contribution < 1.29 is 9.21 Å². The molecule has 5 nitrogen and oxygen atoms in total. The highest BCUT2D eigenvalue weighted by atomic mass is 16.3. The zero-order chi connectivity index (χ0) is 16.1. The number of aromatic amines is 1. The fourth-order valence-corrected chi connectivity index (χ4v) is 4.04. The molecule has 0 saturated carbocycles. The summed E-state index contributed by atoms with van der Waals surface area (Å²) in [6.07, 6.45) is 5.31. The lowest BCUT2D eigenvalue weighted by Gasteiger charge is -2.20. The first-order valence-electron chi connectivity index (χ1n) is 8.50. The average Bonchev–Trinajstić information content (AvgIpc) is 3.36. The summed E-state index contributed by atoms with van der Waals surface area (Å²) < 4.78 is 5.80. The lowest BCUT2D eigenvalue weighted by Crippen LogP contribution is -2.42. The Morgan fingerprint density at radius 2 is 2.12 bits per heavy atom. The van der Waals surface area contributed by atoms with E-state index in [1.54, 1.807) is 6.07 Å². The van der Waals surface area contributed by atoms with Crippen LogP contribution in [-0.4, -0.2) is 29.0 Å². The molecule has 2 aromatic heterocycles. The van der Waals surface area contributed by atoms with Gasteiger partial charge in [-0.05, 0) is 48.9 Å². The number of furan rings is 1. The number of rotatable bonds is 3. The Morgan fingerprint density at radius 1 is 1.17 bits per heavy atom. The second-order valence-corrected chi connectivity index (χ2v) is 6.81. The fourth-order valence-electron chi connectivity index (χ4n) is 4.04. The molecule has 1 amide bonds. The molecule has 1 aromatic carbocycles. The van der Waals surface area contributed by atoms with Gasteiger partial charge in [0, 0.05) is 35.4 Å². The summed E-state index contributed by atoms with van der Waals surface area (Å²) in [5, 5.41) is 7.81. The van der Waals surface area contributed by atoms with Crippen molar-refractivity contribution >= 4 is 16.8 Å². The van der Waals surface area contributed by atoms with Crippen molar-refractivity contribution in [3.05, 3.63) is 48.4 Å². The van der Waals surface area contributed by atoms with Gasteiger partial charge in [0.15, 0.2) is 5.76 Å². The predicted molar refractivity (Wildman–Crippen MR) is 91.8 cm³/mol. The van der Waals surface area contributed by atoms with E-state index in [0.29, 0.717) is 23.6 Å². The third-order valence-electron chi connectivity index (χ3n) is 5.29. The van der Waals surface area contributed by atoms with Crippen molar-refractivity contribution in [2.24, 2.45) is 0 Å². The highest BCUT2D eigenvalue weighted by Gasteiger charge is 2.39. The molecule has 2 aliphatic heterocycles. The molecule has 24 heavy (non-hydrogen) atoms. The molecule has 0 spiro atoms. The van der Waals surface area contributed by atoms with Gasteiger partial charge in [-0.15, -0.1) is 0 Å². The van der Waals surface area contributed by atoms with Gasteiger partial charge in [-0.3, -0.25) is 4.79 Å². The minimum absolute atomic E-state index is 0.124. The van der Waals surface area contributed by atoms with Gasteiger partial charge in [-0.25, -0.2) is 0 Å². The molecule has 2 bridgehead atoms. The number of hydrogen-bond donors (Lipinski definition) is 3. The van der Waals surface area contributed by atoms with Gasteiger partial charge < -0.3 is 20.0 Å². The summed E-state index contributed by atoms with van der Waals surface area (Å²) in [5.74, 6) is 0.962. The summed E-state index contributed by atoms with van der Waals surface area (Å²) in [5.41, 5.74) is 2.02. The molecule has 5 heteroatoms. The molecule has 3 unspecified atom stereocenters. The first-order valence-corrected chi connectivity index (χ1v) is 8.50. The van der Waals surface area contributed by atoms with Crippen molar-refractivity contribution in [3.8, 4) is 11.3 Å². The number of carbonyl (C=O) groups is 1. The molecule has 5 rings (SSSR count). The van der Waals surface area contributed by atoms with Crippen molar-refractivity contribution in [2.75, 3.05) is 0 Å². The number of fused-ring (bicyclic) bond motifs is 3. The summed E-state index contributed by atoms with van der Waals surface area (Å²) in [7, 11) is 0. The predicted octanol–water partition coefficient (Wildman–Crippen LogP) is 3.05. The zero-order valence-corrected chi connectivity index (χ0v) is 13.2. The molecule has 2 saturated heterocycles. The van der Waals surface area contributed by atoms with Crippen molar-refractivity contribution in [2.45, 2.75) is 37.4 Å². The first-order chi connectivity index (χ1) is 11.8.